The second-order valence-corrected chi connectivity index (χ2v) is 7.42. The Bertz CT molecular complexity index is 1240. The van der Waals surface area contributed by atoms with Crippen LogP contribution in [0.1, 0.15) is 26.4 Å². The number of carbonyl (C=O) groups excluding carboxylic acids is 1. The number of imidazole rings is 1. The summed E-state index contributed by atoms with van der Waals surface area (Å²) in [5, 5.41) is 2.75. The van der Waals surface area contributed by atoms with Crippen LogP contribution >= 0.6 is 11.3 Å². The predicted molar refractivity (Wildman–Crippen MR) is 104 cm³/mol. The normalized spacial score (nSPS) is 11.2. The van der Waals surface area contributed by atoms with Gasteiger partial charge < -0.3 is 5.32 Å². The monoisotopic (exact) mass is 381 g/mol. The van der Waals surface area contributed by atoms with Crippen molar-refractivity contribution in [2.45, 2.75) is 20.4 Å². The highest BCUT2D eigenvalue weighted by Crippen LogP contribution is 2.22. The molecule has 0 spiro atoms. The molecule has 0 saturated heterocycles. The maximum absolute atomic E-state index is 13.0. The van der Waals surface area contributed by atoms with Gasteiger partial charge in [0.15, 0.2) is 4.96 Å². The lowest BCUT2D eigenvalue weighted by atomic mass is 10.1. The number of aryl methyl sites for hydroxylation is 2. The van der Waals surface area contributed by atoms with E-state index in [2.05, 4.69) is 10.3 Å². The topological polar surface area (TPSA) is 63.5 Å². The Kier molecular flexibility index (Phi) is 4.24. The van der Waals surface area contributed by atoms with Crippen LogP contribution in [0.15, 0.2) is 47.3 Å². The lowest BCUT2D eigenvalue weighted by molar-refractivity contribution is 0.0954. The fraction of sp³-hybridized carbons (Fsp3) is 0.150. The molecule has 27 heavy (non-hydrogen) atoms. The van der Waals surface area contributed by atoms with Gasteiger partial charge >= 0.3 is 0 Å². The number of amides is 1. The number of aromatic nitrogens is 2. The quantitative estimate of drug-likeness (QED) is 0.590. The lowest BCUT2D eigenvalue weighted by Crippen LogP contribution is -2.24. The number of hydrogen-bond donors (Lipinski definition) is 1. The van der Waals surface area contributed by atoms with Crippen molar-refractivity contribution in [3.63, 3.8) is 0 Å². The molecule has 0 unspecified atom stereocenters. The molecule has 0 atom stereocenters. The summed E-state index contributed by atoms with van der Waals surface area (Å²) < 4.78 is 14.5. The van der Waals surface area contributed by atoms with Crippen molar-refractivity contribution in [1.29, 1.82) is 0 Å². The van der Waals surface area contributed by atoms with Crippen LogP contribution in [0.3, 0.4) is 0 Å². The van der Waals surface area contributed by atoms with Crippen LogP contribution in [0.5, 0.6) is 0 Å². The zero-order chi connectivity index (χ0) is 19.1. The molecule has 136 valence electrons. The van der Waals surface area contributed by atoms with Gasteiger partial charge in [0.25, 0.3) is 11.5 Å². The molecule has 1 amide bonds. The molecule has 4 aromatic rings. The van der Waals surface area contributed by atoms with Crippen molar-refractivity contribution in [1.82, 2.24) is 14.7 Å². The van der Waals surface area contributed by atoms with E-state index < -0.39 is 0 Å². The number of nitrogens with one attached hydrogen (secondary N) is 1. The predicted octanol–water partition coefficient (Wildman–Crippen LogP) is 3.60. The Morgan fingerprint density at radius 3 is 2.59 bits per heavy atom. The molecule has 0 saturated carbocycles. The summed E-state index contributed by atoms with van der Waals surface area (Å²) in [5.74, 6) is -0.686. The maximum Gasteiger partial charge on any atom is 0.261 e. The molecule has 0 fully saturated rings. The SMILES string of the molecule is Cc1cc2nc3sc(C(=O)NCc4ccc(F)cc4)cc(=O)n3c2cc1C. The van der Waals surface area contributed by atoms with E-state index in [1.54, 1.807) is 12.1 Å². The molecule has 0 radical (unpaired) electrons. The second kappa shape index (κ2) is 6.59. The van der Waals surface area contributed by atoms with Gasteiger partial charge in [-0.1, -0.05) is 23.5 Å². The summed E-state index contributed by atoms with van der Waals surface area (Å²) in [6.45, 7) is 4.23. The van der Waals surface area contributed by atoms with E-state index in [0.717, 1.165) is 39.1 Å². The molecule has 1 N–H and O–H groups in total. The fourth-order valence-corrected chi connectivity index (χ4v) is 3.82. The number of rotatable bonds is 3. The minimum Gasteiger partial charge on any atom is -0.347 e. The van der Waals surface area contributed by atoms with Gasteiger partial charge in [0, 0.05) is 12.6 Å². The number of carbonyl (C=O) groups is 1. The van der Waals surface area contributed by atoms with E-state index >= 15 is 0 Å². The molecule has 2 aromatic heterocycles. The molecule has 0 aliphatic rings. The molecule has 0 bridgehead atoms. The van der Waals surface area contributed by atoms with Crippen molar-refractivity contribution in [3.8, 4) is 0 Å². The van der Waals surface area contributed by atoms with Crippen molar-refractivity contribution >= 4 is 33.2 Å². The van der Waals surface area contributed by atoms with Gasteiger partial charge in [-0.3, -0.25) is 14.0 Å². The third kappa shape index (κ3) is 3.21. The Morgan fingerprint density at radius 2 is 1.85 bits per heavy atom. The molecule has 5 nitrogen and oxygen atoms in total. The zero-order valence-electron chi connectivity index (χ0n) is 14.7. The number of fused-ring (bicyclic) bond motifs is 3. The highest BCUT2D eigenvalue weighted by Gasteiger charge is 2.14. The van der Waals surface area contributed by atoms with Crippen molar-refractivity contribution in [2.75, 3.05) is 0 Å². The van der Waals surface area contributed by atoms with Gasteiger partial charge in [0.05, 0.1) is 11.0 Å². The van der Waals surface area contributed by atoms with Crippen LogP contribution in [-0.2, 0) is 6.54 Å². The third-order valence-electron chi connectivity index (χ3n) is 4.51. The summed E-state index contributed by atoms with van der Waals surface area (Å²) in [6, 6.07) is 11.1. The molecule has 2 heterocycles. The van der Waals surface area contributed by atoms with Gasteiger partial charge in [-0.2, -0.15) is 0 Å². The van der Waals surface area contributed by atoms with E-state index in [4.69, 9.17) is 0 Å². The van der Waals surface area contributed by atoms with Crippen LogP contribution in [-0.4, -0.2) is 15.3 Å². The first-order valence-electron chi connectivity index (χ1n) is 8.38. The summed E-state index contributed by atoms with van der Waals surface area (Å²) in [6.07, 6.45) is 0. The third-order valence-corrected chi connectivity index (χ3v) is 5.49. The van der Waals surface area contributed by atoms with Gasteiger partial charge in [0.2, 0.25) is 0 Å². The minimum atomic E-state index is -0.358. The standard InChI is InChI=1S/C20H16FN3O2S/c1-11-7-15-16(8-12(11)2)24-18(25)9-17(27-20(24)23-15)19(26)22-10-13-3-5-14(21)6-4-13/h3-9H,10H2,1-2H3,(H,22,26). The van der Waals surface area contributed by atoms with E-state index in [-0.39, 0.29) is 23.8 Å². The number of benzene rings is 2. The first kappa shape index (κ1) is 17.4. The van der Waals surface area contributed by atoms with Crippen LogP contribution in [0.4, 0.5) is 4.39 Å². The molecule has 4 rings (SSSR count). The van der Waals surface area contributed by atoms with Gasteiger partial charge in [0.1, 0.15) is 10.7 Å². The smallest absolute Gasteiger partial charge is 0.261 e. The molecular weight excluding hydrogens is 365 g/mol. The number of hydrogen-bond acceptors (Lipinski definition) is 4. The van der Waals surface area contributed by atoms with E-state index in [1.807, 2.05) is 26.0 Å². The van der Waals surface area contributed by atoms with Crippen LogP contribution in [0.25, 0.3) is 16.0 Å². The molecule has 0 aliphatic heterocycles. The Morgan fingerprint density at radius 1 is 1.15 bits per heavy atom. The summed E-state index contributed by atoms with van der Waals surface area (Å²) in [5.41, 5.74) is 4.13. The second-order valence-electron chi connectivity index (χ2n) is 6.41. The van der Waals surface area contributed by atoms with Gasteiger partial charge in [-0.25, -0.2) is 9.37 Å². The van der Waals surface area contributed by atoms with Crippen LogP contribution in [0.2, 0.25) is 0 Å². The average molecular weight is 381 g/mol. The lowest BCUT2D eigenvalue weighted by Gasteiger charge is -2.05. The van der Waals surface area contributed by atoms with Crippen molar-refractivity contribution < 1.29 is 9.18 Å². The molecule has 2 aromatic carbocycles. The summed E-state index contributed by atoms with van der Waals surface area (Å²) in [4.78, 5) is 30.3. The Hall–Kier alpha value is -3.06. The largest absolute Gasteiger partial charge is 0.347 e. The molecule has 7 heteroatoms. The number of halogens is 1. The summed E-state index contributed by atoms with van der Waals surface area (Å²) in [7, 11) is 0. The van der Waals surface area contributed by atoms with E-state index in [0.29, 0.717) is 9.84 Å². The summed E-state index contributed by atoms with van der Waals surface area (Å²) >= 11 is 1.16. The minimum absolute atomic E-state index is 0.250. The van der Waals surface area contributed by atoms with E-state index in [1.165, 1.54) is 22.6 Å². The van der Waals surface area contributed by atoms with E-state index in [9.17, 15) is 14.0 Å². The Labute approximate surface area is 158 Å². The fourth-order valence-electron chi connectivity index (χ4n) is 2.88. The molecule has 0 aliphatic carbocycles. The van der Waals surface area contributed by atoms with Gasteiger partial charge in [-0.05, 0) is 54.8 Å². The van der Waals surface area contributed by atoms with Gasteiger partial charge in [-0.15, -0.1) is 0 Å². The first-order valence-corrected chi connectivity index (χ1v) is 9.20. The molecular formula is C20H16FN3O2S. The number of nitrogens with zero attached hydrogens (tertiary/aromatic N) is 2. The van der Waals surface area contributed by atoms with Crippen molar-refractivity contribution in [3.05, 3.63) is 80.2 Å². The average Bonchev–Trinajstić information content (AvgIpc) is 2.99. The van der Waals surface area contributed by atoms with Crippen LogP contribution in [0, 0.1) is 19.7 Å². The Balaban J connectivity index is 1.68. The highest BCUT2D eigenvalue weighted by atomic mass is 32.1. The highest BCUT2D eigenvalue weighted by molar-refractivity contribution is 7.18. The van der Waals surface area contributed by atoms with Crippen LogP contribution < -0.4 is 10.9 Å². The first-order chi connectivity index (χ1) is 12.9. The maximum atomic E-state index is 13.0. The van der Waals surface area contributed by atoms with Crippen molar-refractivity contribution in [2.24, 2.45) is 0 Å². The zero-order valence-corrected chi connectivity index (χ0v) is 15.6.